The summed E-state index contributed by atoms with van der Waals surface area (Å²) >= 11 is 5.88. The third kappa shape index (κ3) is 5.30. The van der Waals surface area contributed by atoms with Crippen molar-refractivity contribution >= 4 is 34.8 Å². The first-order chi connectivity index (χ1) is 10.9. The van der Waals surface area contributed by atoms with E-state index in [1.807, 2.05) is 0 Å². The summed E-state index contributed by atoms with van der Waals surface area (Å²) in [6.45, 7) is 3.09. The molecule has 0 saturated heterocycles. The van der Waals surface area contributed by atoms with Crippen molar-refractivity contribution in [3.05, 3.63) is 53.6 Å². The molecule has 1 atom stereocenters. The predicted octanol–water partition coefficient (Wildman–Crippen LogP) is 3.70. The van der Waals surface area contributed by atoms with Crippen LogP contribution in [-0.4, -0.2) is 17.9 Å². The molecule has 0 saturated carbocycles. The molecule has 2 rings (SSSR count). The van der Waals surface area contributed by atoms with Gasteiger partial charge in [-0.15, -0.1) is 0 Å². The van der Waals surface area contributed by atoms with Gasteiger partial charge < -0.3 is 15.4 Å². The van der Waals surface area contributed by atoms with Gasteiger partial charge in [-0.2, -0.15) is 0 Å². The third-order valence-corrected chi connectivity index (χ3v) is 3.18. The second kappa shape index (κ2) is 7.65. The maximum Gasteiger partial charge on any atom is 0.265 e. The first-order valence-corrected chi connectivity index (χ1v) is 7.42. The van der Waals surface area contributed by atoms with Gasteiger partial charge in [0.25, 0.3) is 5.91 Å². The van der Waals surface area contributed by atoms with Crippen LogP contribution in [0.1, 0.15) is 13.8 Å². The predicted molar refractivity (Wildman–Crippen MR) is 90.9 cm³/mol. The smallest absolute Gasteiger partial charge is 0.265 e. The number of anilines is 2. The van der Waals surface area contributed by atoms with Gasteiger partial charge in [-0.1, -0.05) is 17.7 Å². The number of carbonyl (C=O) groups excluding carboxylic acids is 2. The molecule has 0 radical (unpaired) electrons. The van der Waals surface area contributed by atoms with Crippen LogP contribution in [-0.2, 0) is 9.59 Å². The van der Waals surface area contributed by atoms with Crippen LogP contribution in [0.5, 0.6) is 5.75 Å². The molecular formula is C17H17ClN2O3. The maximum absolute atomic E-state index is 12.1. The quantitative estimate of drug-likeness (QED) is 0.877. The summed E-state index contributed by atoms with van der Waals surface area (Å²) in [5.74, 6) is 0.110. The van der Waals surface area contributed by atoms with E-state index in [1.54, 1.807) is 55.5 Å². The van der Waals surface area contributed by atoms with E-state index >= 15 is 0 Å². The summed E-state index contributed by atoms with van der Waals surface area (Å²) in [6, 6.07) is 13.7. The number of hydrogen-bond acceptors (Lipinski definition) is 3. The van der Waals surface area contributed by atoms with Crippen molar-refractivity contribution in [2.24, 2.45) is 0 Å². The van der Waals surface area contributed by atoms with E-state index in [2.05, 4.69) is 10.6 Å². The van der Waals surface area contributed by atoms with Crippen molar-refractivity contribution in [2.45, 2.75) is 20.0 Å². The van der Waals surface area contributed by atoms with Crippen molar-refractivity contribution < 1.29 is 14.3 Å². The minimum absolute atomic E-state index is 0.145. The normalized spacial score (nSPS) is 11.4. The lowest BCUT2D eigenvalue weighted by Gasteiger charge is -2.15. The molecule has 0 unspecified atom stereocenters. The average molecular weight is 333 g/mol. The Hall–Kier alpha value is -2.53. The van der Waals surface area contributed by atoms with Gasteiger partial charge in [-0.25, -0.2) is 0 Å². The molecule has 0 aliphatic rings. The van der Waals surface area contributed by atoms with Gasteiger partial charge in [0.2, 0.25) is 5.91 Å². The van der Waals surface area contributed by atoms with Gasteiger partial charge in [-0.05, 0) is 49.4 Å². The minimum atomic E-state index is -0.680. The number of hydrogen-bond donors (Lipinski definition) is 2. The average Bonchev–Trinajstić information content (AvgIpc) is 2.48. The van der Waals surface area contributed by atoms with E-state index in [9.17, 15) is 9.59 Å². The van der Waals surface area contributed by atoms with Crippen LogP contribution >= 0.6 is 11.6 Å². The molecule has 0 fully saturated rings. The van der Waals surface area contributed by atoms with Crippen molar-refractivity contribution in [1.29, 1.82) is 0 Å². The summed E-state index contributed by atoms with van der Waals surface area (Å²) in [4.78, 5) is 23.1. The van der Waals surface area contributed by atoms with Crippen LogP contribution in [0.2, 0.25) is 5.02 Å². The van der Waals surface area contributed by atoms with Gasteiger partial charge in [0.1, 0.15) is 5.75 Å². The molecule has 2 amide bonds. The molecule has 0 aromatic heterocycles. The molecule has 2 N–H and O–H groups in total. The molecule has 0 aliphatic carbocycles. The Morgan fingerprint density at radius 2 is 1.74 bits per heavy atom. The fraction of sp³-hybridized carbons (Fsp3) is 0.176. The number of nitrogens with one attached hydrogen (secondary N) is 2. The van der Waals surface area contributed by atoms with E-state index in [0.717, 1.165) is 0 Å². The monoisotopic (exact) mass is 332 g/mol. The largest absolute Gasteiger partial charge is 0.481 e. The van der Waals surface area contributed by atoms with Crippen molar-refractivity contribution in [3.8, 4) is 5.75 Å². The highest BCUT2D eigenvalue weighted by Crippen LogP contribution is 2.18. The van der Waals surface area contributed by atoms with Crippen molar-refractivity contribution in [1.82, 2.24) is 0 Å². The Morgan fingerprint density at radius 1 is 1.04 bits per heavy atom. The highest BCUT2D eigenvalue weighted by atomic mass is 35.5. The van der Waals surface area contributed by atoms with Gasteiger partial charge in [0.15, 0.2) is 6.10 Å². The molecule has 2 aromatic carbocycles. The molecule has 0 bridgehead atoms. The minimum Gasteiger partial charge on any atom is -0.481 e. The summed E-state index contributed by atoms with van der Waals surface area (Å²) in [7, 11) is 0. The summed E-state index contributed by atoms with van der Waals surface area (Å²) < 4.78 is 5.58. The number of amides is 2. The van der Waals surface area contributed by atoms with Crippen LogP contribution in [0, 0.1) is 0 Å². The molecule has 2 aromatic rings. The lowest BCUT2D eigenvalue weighted by atomic mass is 10.2. The SMILES string of the molecule is CC(=O)Nc1ccc(O[C@@H](C)C(=O)Nc2cccc(Cl)c2)cc1. The molecule has 23 heavy (non-hydrogen) atoms. The zero-order valence-electron chi connectivity index (χ0n) is 12.8. The second-order valence-electron chi connectivity index (χ2n) is 4.97. The van der Waals surface area contributed by atoms with Gasteiger partial charge >= 0.3 is 0 Å². The van der Waals surface area contributed by atoms with Crippen molar-refractivity contribution in [3.63, 3.8) is 0 Å². The van der Waals surface area contributed by atoms with Crippen LogP contribution in [0.15, 0.2) is 48.5 Å². The standard InChI is InChI=1S/C17H17ClN2O3/c1-11(17(22)20-15-5-3-4-13(18)10-15)23-16-8-6-14(7-9-16)19-12(2)21/h3-11H,1-2H3,(H,19,21)(H,20,22)/t11-/m0/s1. The Bertz CT molecular complexity index is 701. The van der Waals surface area contributed by atoms with E-state index in [-0.39, 0.29) is 11.8 Å². The topological polar surface area (TPSA) is 67.4 Å². The maximum atomic E-state index is 12.1. The van der Waals surface area contributed by atoms with E-state index < -0.39 is 6.10 Å². The molecule has 0 spiro atoms. The fourth-order valence-electron chi connectivity index (χ4n) is 1.89. The number of benzene rings is 2. The first-order valence-electron chi connectivity index (χ1n) is 7.05. The first kappa shape index (κ1) is 16.8. The zero-order chi connectivity index (χ0) is 16.8. The number of carbonyl (C=O) groups is 2. The summed E-state index contributed by atoms with van der Waals surface area (Å²) in [6.07, 6.45) is -0.680. The van der Waals surface area contributed by atoms with Gasteiger partial charge in [0, 0.05) is 23.3 Å². The van der Waals surface area contributed by atoms with E-state index in [0.29, 0.717) is 22.1 Å². The van der Waals surface area contributed by atoms with Gasteiger partial charge in [0.05, 0.1) is 0 Å². The lowest BCUT2D eigenvalue weighted by Crippen LogP contribution is -2.30. The van der Waals surface area contributed by atoms with Crippen LogP contribution in [0.3, 0.4) is 0 Å². The number of halogens is 1. The Kier molecular flexibility index (Phi) is 5.60. The molecule has 120 valence electrons. The van der Waals surface area contributed by atoms with E-state index in [4.69, 9.17) is 16.3 Å². The molecule has 5 nitrogen and oxygen atoms in total. The highest BCUT2D eigenvalue weighted by Gasteiger charge is 2.15. The molecule has 0 heterocycles. The Balaban J connectivity index is 1.94. The molecule has 6 heteroatoms. The fourth-order valence-corrected chi connectivity index (χ4v) is 2.08. The molecule has 0 aliphatic heterocycles. The number of rotatable bonds is 5. The highest BCUT2D eigenvalue weighted by molar-refractivity contribution is 6.30. The second-order valence-corrected chi connectivity index (χ2v) is 5.40. The summed E-state index contributed by atoms with van der Waals surface area (Å²) in [5, 5.41) is 5.94. The number of ether oxygens (including phenoxy) is 1. The van der Waals surface area contributed by atoms with Gasteiger partial charge in [-0.3, -0.25) is 9.59 Å². The van der Waals surface area contributed by atoms with Crippen LogP contribution < -0.4 is 15.4 Å². The van der Waals surface area contributed by atoms with Crippen LogP contribution in [0.25, 0.3) is 0 Å². The van der Waals surface area contributed by atoms with E-state index in [1.165, 1.54) is 6.92 Å². The zero-order valence-corrected chi connectivity index (χ0v) is 13.6. The third-order valence-electron chi connectivity index (χ3n) is 2.95. The van der Waals surface area contributed by atoms with Crippen molar-refractivity contribution in [2.75, 3.05) is 10.6 Å². The Labute approximate surface area is 139 Å². The van der Waals surface area contributed by atoms with Crippen LogP contribution in [0.4, 0.5) is 11.4 Å². The Morgan fingerprint density at radius 3 is 2.35 bits per heavy atom. The molecular weight excluding hydrogens is 316 g/mol. The summed E-state index contributed by atoms with van der Waals surface area (Å²) in [5.41, 5.74) is 1.28. The lowest BCUT2D eigenvalue weighted by molar-refractivity contribution is -0.122.